The lowest BCUT2D eigenvalue weighted by atomic mass is 9.99. The molecule has 6 nitrogen and oxygen atoms in total. The van der Waals surface area contributed by atoms with Crippen LogP contribution in [0.4, 0.5) is 18.0 Å². The van der Waals surface area contributed by atoms with Crippen LogP contribution in [0, 0.1) is 0 Å². The highest BCUT2D eigenvalue weighted by atomic mass is 19.4. The summed E-state index contributed by atoms with van der Waals surface area (Å²) in [5, 5.41) is 7.89. The minimum Gasteiger partial charge on any atom is -0.430 e. The Hall–Kier alpha value is -3.36. The summed E-state index contributed by atoms with van der Waals surface area (Å²) in [6.45, 7) is -0.00628. The molecule has 144 valence electrons. The zero-order chi connectivity index (χ0) is 19.7. The molecule has 2 aromatic carbocycles. The summed E-state index contributed by atoms with van der Waals surface area (Å²) in [7, 11) is 0. The van der Waals surface area contributed by atoms with Gasteiger partial charge in [-0.2, -0.15) is 13.2 Å². The van der Waals surface area contributed by atoms with Crippen LogP contribution in [0.3, 0.4) is 0 Å². The Morgan fingerprint density at radius 2 is 1.79 bits per heavy atom. The first-order chi connectivity index (χ1) is 13.4. The van der Waals surface area contributed by atoms with Crippen molar-refractivity contribution in [2.75, 3.05) is 6.61 Å². The van der Waals surface area contributed by atoms with Gasteiger partial charge in [-0.25, -0.2) is 4.79 Å². The first-order valence-electron chi connectivity index (χ1n) is 8.31. The molecule has 4 rings (SSSR count). The lowest BCUT2D eigenvalue weighted by Gasteiger charge is -2.09. The van der Waals surface area contributed by atoms with Gasteiger partial charge < -0.3 is 13.9 Å². The summed E-state index contributed by atoms with van der Waals surface area (Å²) < 4.78 is 53.4. The lowest BCUT2D eigenvalue weighted by Crippen LogP contribution is -2.04. The van der Waals surface area contributed by atoms with Crippen LogP contribution in [0.25, 0.3) is 11.5 Å². The molecule has 9 heteroatoms. The van der Waals surface area contributed by atoms with E-state index in [1.165, 1.54) is 12.1 Å². The molecule has 0 aliphatic carbocycles. The fourth-order valence-corrected chi connectivity index (χ4v) is 2.84. The van der Waals surface area contributed by atoms with Crippen molar-refractivity contribution in [2.45, 2.75) is 18.7 Å². The fourth-order valence-electron chi connectivity index (χ4n) is 2.84. The molecule has 3 aromatic rings. The second-order valence-electron chi connectivity index (χ2n) is 6.14. The molecule has 1 saturated heterocycles. The number of nitrogens with zero attached hydrogens (tertiary/aromatic N) is 2. The van der Waals surface area contributed by atoms with Gasteiger partial charge in [0.1, 0.15) is 6.61 Å². The third-order valence-corrected chi connectivity index (χ3v) is 4.23. The Morgan fingerprint density at radius 1 is 1.04 bits per heavy atom. The minimum absolute atomic E-state index is 0.00628. The van der Waals surface area contributed by atoms with Crippen LogP contribution >= 0.6 is 0 Å². The molecule has 1 atom stereocenters. The molecular weight excluding hydrogens is 377 g/mol. The SMILES string of the molecule is O=C1OCC(c2nnc(-c3ccccc3Cc3ccc(C(F)(F)F)cc3)o2)O1. The molecule has 28 heavy (non-hydrogen) atoms. The topological polar surface area (TPSA) is 74.5 Å². The van der Waals surface area contributed by atoms with E-state index in [0.717, 1.165) is 17.7 Å². The summed E-state index contributed by atoms with van der Waals surface area (Å²) in [5.41, 5.74) is 1.46. The van der Waals surface area contributed by atoms with Crippen LogP contribution in [0.2, 0.25) is 0 Å². The molecule has 1 unspecified atom stereocenters. The molecule has 1 fully saturated rings. The first-order valence-corrected chi connectivity index (χ1v) is 8.31. The maximum atomic E-state index is 12.7. The van der Waals surface area contributed by atoms with Gasteiger partial charge in [-0.05, 0) is 35.7 Å². The average molecular weight is 390 g/mol. The van der Waals surface area contributed by atoms with Crippen molar-refractivity contribution >= 4 is 6.16 Å². The molecule has 1 aromatic heterocycles. The van der Waals surface area contributed by atoms with E-state index >= 15 is 0 Å². The lowest BCUT2D eigenvalue weighted by molar-refractivity contribution is -0.137. The summed E-state index contributed by atoms with van der Waals surface area (Å²) in [6, 6.07) is 12.2. The summed E-state index contributed by atoms with van der Waals surface area (Å²) in [5.74, 6) is 0.339. The van der Waals surface area contributed by atoms with Gasteiger partial charge in [0.15, 0.2) is 0 Å². The highest BCUT2D eigenvalue weighted by Gasteiger charge is 2.32. The van der Waals surface area contributed by atoms with Gasteiger partial charge in [0.25, 0.3) is 5.89 Å². The van der Waals surface area contributed by atoms with E-state index in [0.29, 0.717) is 17.5 Å². The van der Waals surface area contributed by atoms with Gasteiger partial charge in [0.05, 0.1) is 5.56 Å². The van der Waals surface area contributed by atoms with Crippen molar-refractivity contribution in [1.82, 2.24) is 10.2 Å². The van der Waals surface area contributed by atoms with E-state index < -0.39 is 24.0 Å². The van der Waals surface area contributed by atoms with Gasteiger partial charge in [0, 0.05) is 5.56 Å². The number of carbonyl (C=O) groups excluding carboxylic acids is 1. The Balaban J connectivity index is 1.58. The summed E-state index contributed by atoms with van der Waals surface area (Å²) >= 11 is 0. The summed E-state index contributed by atoms with van der Waals surface area (Å²) in [6.07, 6.45) is -5.54. The second-order valence-corrected chi connectivity index (χ2v) is 6.14. The minimum atomic E-state index is -4.37. The molecular formula is C19H13F3N2O4. The van der Waals surface area contributed by atoms with Crippen molar-refractivity contribution in [1.29, 1.82) is 0 Å². The normalized spacial score (nSPS) is 16.7. The quantitative estimate of drug-likeness (QED) is 0.609. The molecule has 0 amide bonds. The number of benzene rings is 2. The van der Waals surface area contributed by atoms with Gasteiger partial charge >= 0.3 is 12.3 Å². The number of rotatable bonds is 4. The van der Waals surface area contributed by atoms with Gasteiger partial charge in [-0.15, -0.1) is 10.2 Å². The fraction of sp³-hybridized carbons (Fsp3) is 0.211. The molecule has 0 bridgehead atoms. The monoisotopic (exact) mass is 390 g/mol. The van der Waals surface area contributed by atoms with E-state index in [1.54, 1.807) is 12.1 Å². The van der Waals surface area contributed by atoms with Crippen molar-refractivity contribution < 1.29 is 31.9 Å². The van der Waals surface area contributed by atoms with E-state index in [-0.39, 0.29) is 18.4 Å². The van der Waals surface area contributed by atoms with Crippen molar-refractivity contribution in [2.24, 2.45) is 0 Å². The van der Waals surface area contributed by atoms with Gasteiger partial charge in [0.2, 0.25) is 12.0 Å². The van der Waals surface area contributed by atoms with E-state index in [9.17, 15) is 18.0 Å². The first kappa shape index (κ1) is 18.0. The highest BCUT2D eigenvalue weighted by Crippen LogP contribution is 2.31. The number of hydrogen-bond donors (Lipinski definition) is 0. The Labute approximate surface area is 156 Å². The maximum Gasteiger partial charge on any atom is 0.509 e. The number of cyclic esters (lactones) is 2. The number of hydrogen-bond acceptors (Lipinski definition) is 6. The Kier molecular flexibility index (Phi) is 4.50. The average Bonchev–Trinajstić information content (AvgIpc) is 3.31. The predicted molar refractivity (Wildman–Crippen MR) is 89.2 cm³/mol. The van der Waals surface area contributed by atoms with E-state index in [1.807, 2.05) is 12.1 Å². The largest absolute Gasteiger partial charge is 0.509 e. The second kappa shape index (κ2) is 6.99. The molecule has 0 N–H and O–H groups in total. The Morgan fingerprint density at radius 3 is 2.46 bits per heavy atom. The van der Waals surface area contributed by atoms with Gasteiger partial charge in [-0.3, -0.25) is 0 Å². The summed E-state index contributed by atoms with van der Waals surface area (Å²) in [4.78, 5) is 11.0. The van der Waals surface area contributed by atoms with Crippen LogP contribution in [0.15, 0.2) is 52.9 Å². The predicted octanol–water partition coefficient (Wildman–Crippen LogP) is 4.55. The molecule has 2 heterocycles. The molecule has 1 aliphatic heterocycles. The van der Waals surface area contributed by atoms with Crippen LogP contribution in [-0.2, 0) is 22.1 Å². The zero-order valence-corrected chi connectivity index (χ0v) is 14.3. The number of carbonyl (C=O) groups is 1. The van der Waals surface area contributed by atoms with Crippen molar-refractivity contribution in [3.05, 3.63) is 71.1 Å². The smallest absolute Gasteiger partial charge is 0.430 e. The standard InChI is InChI=1S/C19H13F3N2O4/c20-19(21,22)13-7-5-11(6-8-13)9-12-3-1-2-4-14(12)16-23-24-17(28-16)15-10-26-18(25)27-15/h1-8,15H,9-10H2. The Bertz CT molecular complexity index is 999. The molecule has 0 saturated carbocycles. The van der Waals surface area contributed by atoms with Crippen LogP contribution < -0.4 is 0 Å². The number of aromatic nitrogens is 2. The van der Waals surface area contributed by atoms with Crippen LogP contribution in [0.5, 0.6) is 0 Å². The van der Waals surface area contributed by atoms with Gasteiger partial charge in [-0.1, -0.05) is 30.3 Å². The number of halogens is 3. The third kappa shape index (κ3) is 3.68. The van der Waals surface area contributed by atoms with E-state index in [4.69, 9.17) is 13.9 Å². The number of alkyl halides is 3. The maximum absolute atomic E-state index is 12.7. The van der Waals surface area contributed by atoms with Crippen molar-refractivity contribution in [3.8, 4) is 11.5 Å². The van der Waals surface area contributed by atoms with Crippen LogP contribution in [-0.4, -0.2) is 23.0 Å². The highest BCUT2D eigenvalue weighted by molar-refractivity contribution is 5.62. The number of ether oxygens (including phenoxy) is 2. The molecule has 0 spiro atoms. The van der Waals surface area contributed by atoms with Crippen molar-refractivity contribution in [3.63, 3.8) is 0 Å². The molecule has 0 radical (unpaired) electrons. The van der Waals surface area contributed by atoms with Crippen LogP contribution in [0.1, 0.15) is 28.7 Å². The van der Waals surface area contributed by atoms with E-state index in [2.05, 4.69) is 10.2 Å². The third-order valence-electron chi connectivity index (χ3n) is 4.23. The zero-order valence-electron chi connectivity index (χ0n) is 14.3. The molecule has 1 aliphatic rings.